The predicted molar refractivity (Wildman–Crippen MR) is 217 cm³/mol. The maximum absolute atomic E-state index is 5.15. The topological polar surface area (TPSA) is 65.8 Å². The van der Waals surface area contributed by atoms with Crippen LogP contribution in [0.15, 0.2) is 164 Å². The van der Waals surface area contributed by atoms with Crippen LogP contribution in [-0.4, -0.2) is 33.5 Å². The number of fused-ring (bicyclic) bond motifs is 8. The summed E-state index contributed by atoms with van der Waals surface area (Å²) < 4.78 is 6.92. The Morgan fingerprint density at radius 2 is 1.11 bits per heavy atom. The maximum atomic E-state index is 5.15. The van der Waals surface area contributed by atoms with Gasteiger partial charge in [-0.1, -0.05) is 115 Å². The summed E-state index contributed by atoms with van der Waals surface area (Å²) in [7, 11) is 0. The molecule has 4 aromatic heterocycles. The highest BCUT2D eigenvalue weighted by molar-refractivity contribution is 6.14. The molecule has 0 atom stereocenters. The predicted octanol–water partition coefficient (Wildman–Crippen LogP) is 11.2. The van der Waals surface area contributed by atoms with Gasteiger partial charge in [0.1, 0.15) is 0 Å². The van der Waals surface area contributed by atoms with Gasteiger partial charge in [0.05, 0.1) is 33.1 Å². The summed E-state index contributed by atoms with van der Waals surface area (Å²) in [6, 6.07) is 50.3. The van der Waals surface area contributed by atoms with E-state index in [1.807, 2.05) is 66.7 Å². The molecule has 252 valence electrons. The molecule has 0 saturated carbocycles. The fourth-order valence-corrected chi connectivity index (χ4v) is 7.58. The van der Waals surface area contributed by atoms with Crippen LogP contribution in [0, 0.1) is 0 Å². The van der Waals surface area contributed by atoms with E-state index in [1.54, 1.807) is 0 Å². The molecule has 0 radical (unpaired) electrons. The normalized spacial score (nSPS) is 12.4. The Morgan fingerprint density at radius 1 is 0.491 bits per heavy atom. The fourth-order valence-electron chi connectivity index (χ4n) is 7.58. The minimum atomic E-state index is 0.619. The molecule has 0 N–H and O–H groups in total. The number of allylic oxidation sites excluding steroid dienone is 4. The molecular weight excluding hydrogens is 651 g/mol. The van der Waals surface area contributed by atoms with Crippen LogP contribution in [0.25, 0.3) is 95.2 Å². The molecular formula is C46H33N7. The summed E-state index contributed by atoms with van der Waals surface area (Å²) in [6.45, 7) is 4.13. The number of para-hydroxylation sites is 3. The van der Waals surface area contributed by atoms with Gasteiger partial charge in [-0.15, -0.1) is 0 Å². The number of aromatic nitrogens is 7. The van der Waals surface area contributed by atoms with Crippen LogP contribution in [0.5, 0.6) is 0 Å². The molecule has 10 rings (SSSR count). The smallest absolute Gasteiger partial charge is 0.220 e. The summed E-state index contributed by atoms with van der Waals surface area (Å²) in [5.41, 5.74) is 11.3. The lowest BCUT2D eigenvalue weighted by Gasteiger charge is -2.12. The van der Waals surface area contributed by atoms with Gasteiger partial charge in [-0.3, -0.25) is 8.97 Å². The minimum Gasteiger partial charge on any atom is -0.309 e. The van der Waals surface area contributed by atoms with E-state index in [0.717, 1.165) is 67.0 Å². The first kappa shape index (κ1) is 30.7. The number of hydrogen-bond acceptors (Lipinski definition) is 4. The van der Waals surface area contributed by atoms with Crippen molar-refractivity contribution in [1.82, 2.24) is 33.5 Å². The third kappa shape index (κ3) is 4.89. The van der Waals surface area contributed by atoms with Crippen molar-refractivity contribution >= 4 is 55.3 Å². The van der Waals surface area contributed by atoms with Crippen molar-refractivity contribution < 1.29 is 0 Å². The van der Waals surface area contributed by atoms with E-state index < -0.39 is 0 Å². The Bertz CT molecular complexity index is 3010. The summed E-state index contributed by atoms with van der Waals surface area (Å²) in [4.78, 5) is 20.1. The Kier molecular flexibility index (Phi) is 7.11. The molecule has 7 nitrogen and oxygen atoms in total. The highest BCUT2D eigenvalue weighted by atomic mass is 15.2. The number of nitrogens with zero attached hydrogens (tertiary/aromatic N) is 7. The van der Waals surface area contributed by atoms with Crippen LogP contribution >= 0.6 is 0 Å². The van der Waals surface area contributed by atoms with Gasteiger partial charge in [-0.05, 0) is 62.4 Å². The summed E-state index contributed by atoms with van der Waals surface area (Å²) >= 11 is 0. The number of benzene rings is 6. The Hall–Kier alpha value is -7.12. The van der Waals surface area contributed by atoms with Crippen LogP contribution in [-0.2, 0) is 0 Å². The largest absolute Gasteiger partial charge is 0.309 e. The second-order valence-electron chi connectivity index (χ2n) is 13.1. The fraction of sp³-hybridized carbons (Fsp3) is 0.0435. The summed E-state index contributed by atoms with van der Waals surface area (Å²) in [6.07, 6.45) is 6.36. The molecule has 0 aliphatic rings. The van der Waals surface area contributed by atoms with Crippen molar-refractivity contribution in [2.45, 2.75) is 13.8 Å². The van der Waals surface area contributed by atoms with Crippen molar-refractivity contribution in [2.75, 3.05) is 0 Å². The molecule has 0 bridgehead atoms. The quantitative estimate of drug-likeness (QED) is 0.164. The molecule has 0 amide bonds. The van der Waals surface area contributed by atoms with E-state index in [4.69, 9.17) is 19.9 Å². The van der Waals surface area contributed by atoms with Crippen LogP contribution in [0.4, 0.5) is 0 Å². The van der Waals surface area contributed by atoms with Crippen LogP contribution in [0.3, 0.4) is 0 Å². The minimum absolute atomic E-state index is 0.619. The number of imidazole rings is 2. The van der Waals surface area contributed by atoms with Gasteiger partial charge in [-0.25, -0.2) is 19.9 Å². The molecule has 6 aromatic carbocycles. The summed E-state index contributed by atoms with van der Waals surface area (Å²) in [5, 5.41) is 2.35. The van der Waals surface area contributed by atoms with Crippen molar-refractivity contribution in [3.8, 4) is 39.9 Å². The molecule has 53 heavy (non-hydrogen) atoms. The van der Waals surface area contributed by atoms with Gasteiger partial charge in [0.25, 0.3) is 0 Å². The Morgan fingerprint density at radius 3 is 1.81 bits per heavy atom. The zero-order chi connectivity index (χ0) is 35.5. The van der Waals surface area contributed by atoms with Crippen LogP contribution < -0.4 is 0 Å². The molecule has 10 aromatic rings. The van der Waals surface area contributed by atoms with Gasteiger partial charge >= 0.3 is 0 Å². The highest BCUT2D eigenvalue weighted by Gasteiger charge is 2.22. The van der Waals surface area contributed by atoms with Gasteiger partial charge < -0.3 is 4.57 Å². The van der Waals surface area contributed by atoms with Crippen molar-refractivity contribution in [2.24, 2.45) is 0 Å². The maximum Gasteiger partial charge on any atom is 0.220 e. The average molecular weight is 684 g/mol. The highest BCUT2D eigenvalue weighted by Crippen LogP contribution is 2.38. The zero-order valence-corrected chi connectivity index (χ0v) is 29.2. The van der Waals surface area contributed by atoms with Gasteiger partial charge in [-0.2, -0.15) is 0 Å². The van der Waals surface area contributed by atoms with Gasteiger partial charge in [0.2, 0.25) is 5.78 Å². The van der Waals surface area contributed by atoms with E-state index in [0.29, 0.717) is 17.5 Å². The second-order valence-corrected chi connectivity index (χ2v) is 13.1. The second kappa shape index (κ2) is 12.3. The van der Waals surface area contributed by atoms with E-state index in [1.165, 1.54) is 10.8 Å². The molecule has 0 saturated heterocycles. The molecule has 7 heteroatoms. The van der Waals surface area contributed by atoms with Crippen molar-refractivity contribution in [1.29, 1.82) is 0 Å². The third-order valence-electron chi connectivity index (χ3n) is 9.95. The first-order valence-electron chi connectivity index (χ1n) is 17.8. The van der Waals surface area contributed by atoms with E-state index >= 15 is 0 Å². The van der Waals surface area contributed by atoms with E-state index in [2.05, 4.69) is 124 Å². The standard InChI is InChI=1S/C46H33N7/c1-3-16-33(4-2)52-42-29-40-36(28-41(42)53-39-26-14-12-24-37(39)47-46(52)53)35-23-11-13-25-38(35)51(40)34-22-15-21-32(27-34)45-49-43(30-17-7-5-8-18-30)48-44(50-45)31-19-9-6-10-20-31/h3-29H,1-2H3/b16-3-,33-4+. The van der Waals surface area contributed by atoms with E-state index in [-0.39, 0.29) is 0 Å². The molecule has 0 aliphatic heterocycles. The summed E-state index contributed by atoms with van der Waals surface area (Å²) in [5.74, 6) is 2.78. The molecule has 0 aliphatic carbocycles. The van der Waals surface area contributed by atoms with E-state index in [9.17, 15) is 0 Å². The monoisotopic (exact) mass is 683 g/mol. The lowest BCUT2D eigenvalue weighted by molar-refractivity contribution is 1.07. The lowest BCUT2D eigenvalue weighted by atomic mass is 10.1. The third-order valence-corrected chi connectivity index (χ3v) is 9.95. The average Bonchev–Trinajstić information content (AvgIpc) is 3.86. The number of hydrogen-bond donors (Lipinski definition) is 0. The lowest BCUT2D eigenvalue weighted by Crippen LogP contribution is -2.01. The molecule has 0 fully saturated rings. The Labute approximate surface area is 305 Å². The van der Waals surface area contributed by atoms with Gasteiger partial charge in [0, 0.05) is 38.8 Å². The molecule has 4 heterocycles. The van der Waals surface area contributed by atoms with Gasteiger partial charge in [0.15, 0.2) is 17.5 Å². The molecule has 0 unspecified atom stereocenters. The zero-order valence-electron chi connectivity index (χ0n) is 29.2. The number of rotatable bonds is 6. The SMILES string of the molecule is C/C=C\C(=C/C)n1c2cc3c(cc2n2c4ccccc4nc12)c1ccccc1n3-c1cccc(-c2nc(-c3ccccc3)nc(-c3ccccc3)n2)c1. The first-order valence-corrected chi connectivity index (χ1v) is 17.8. The van der Waals surface area contributed by atoms with Crippen molar-refractivity contribution in [3.05, 3.63) is 164 Å². The van der Waals surface area contributed by atoms with Crippen molar-refractivity contribution in [3.63, 3.8) is 0 Å². The van der Waals surface area contributed by atoms with Crippen LogP contribution in [0.2, 0.25) is 0 Å². The first-order chi connectivity index (χ1) is 26.2. The van der Waals surface area contributed by atoms with Crippen LogP contribution in [0.1, 0.15) is 13.8 Å². The Balaban J connectivity index is 1.23. The molecule has 0 spiro atoms.